The molecular weight excluding hydrogens is 327 g/mol. The molecule has 0 fully saturated rings. The molecule has 1 heterocycles. The summed E-state index contributed by atoms with van der Waals surface area (Å²) < 4.78 is 38.8. The van der Waals surface area contributed by atoms with Crippen LogP contribution in [0.25, 0.3) is 0 Å². The van der Waals surface area contributed by atoms with Gasteiger partial charge < -0.3 is 10.6 Å². The highest BCUT2D eigenvalue weighted by Crippen LogP contribution is 2.32. The second kappa shape index (κ2) is 6.67. The normalized spacial score (nSPS) is 15.9. The Morgan fingerprint density at radius 1 is 1.04 bits per heavy atom. The molecule has 1 aliphatic carbocycles. The van der Waals surface area contributed by atoms with Gasteiger partial charge in [0, 0.05) is 6.04 Å². The summed E-state index contributed by atoms with van der Waals surface area (Å²) in [5.41, 5.74) is 6.07. The minimum atomic E-state index is -4.36. The Morgan fingerprint density at radius 2 is 1.64 bits per heavy atom. The standard InChI is InChI=1S/C19H22F3N3/c1-11-4-5-12(2)16-9-14(8-15(11)16)25-13-6-7-17(24-10-13)18(23-3)19(20,21)22/h4-7,10,14,18,23,25H,8-9H2,1-3H3/t18-/m0/s1. The van der Waals surface area contributed by atoms with Crippen LogP contribution in [0.2, 0.25) is 0 Å². The molecule has 3 rings (SSSR count). The summed E-state index contributed by atoms with van der Waals surface area (Å²) in [4.78, 5) is 4.00. The van der Waals surface area contributed by atoms with Gasteiger partial charge in [0.15, 0.2) is 0 Å². The average Bonchev–Trinajstić information content (AvgIpc) is 2.97. The van der Waals surface area contributed by atoms with E-state index in [-0.39, 0.29) is 11.7 Å². The first-order chi connectivity index (χ1) is 11.8. The van der Waals surface area contributed by atoms with Crippen molar-refractivity contribution in [3.8, 4) is 0 Å². The number of pyridine rings is 1. The lowest BCUT2D eigenvalue weighted by molar-refractivity contribution is -0.157. The maximum Gasteiger partial charge on any atom is 0.409 e. The molecule has 0 saturated heterocycles. The van der Waals surface area contributed by atoms with Crippen molar-refractivity contribution in [1.82, 2.24) is 10.3 Å². The zero-order chi connectivity index (χ0) is 18.2. The van der Waals surface area contributed by atoms with E-state index in [1.165, 1.54) is 41.6 Å². The van der Waals surface area contributed by atoms with Crippen molar-refractivity contribution < 1.29 is 13.2 Å². The van der Waals surface area contributed by atoms with Gasteiger partial charge in [0.1, 0.15) is 6.04 Å². The SMILES string of the molecule is CN[C@@H](c1ccc(NC2Cc3c(C)ccc(C)c3C2)cn1)C(F)(F)F. The topological polar surface area (TPSA) is 37.0 Å². The number of benzene rings is 1. The minimum absolute atomic E-state index is 0.0260. The number of hydrogen-bond donors (Lipinski definition) is 2. The Kier molecular flexibility index (Phi) is 4.73. The van der Waals surface area contributed by atoms with Gasteiger partial charge in [-0.2, -0.15) is 13.2 Å². The van der Waals surface area contributed by atoms with Gasteiger partial charge in [-0.1, -0.05) is 12.1 Å². The fourth-order valence-electron chi connectivity index (χ4n) is 3.54. The quantitative estimate of drug-likeness (QED) is 0.873. The van der Waals surface area contributed by atoms with Gasteiger partial charge in [0.05, 0.1) is 17.6 Å². The van der Waals surface area contributed by atoms with Gasteiger partial charge >= 0.3 is 6.18 Å². The van der Waals surface area contributed by atoms with Gasteiger partial charge in [-0.3, -0.25) is 4.98 Å². The third-order valence-corrected chi connectivity index (χ3v) is 4.87. The molecule has 1 aliphatic rings. The summed E-state index contributed by atoms with van der Waals surface area (Å²) in [6, 6.07) is 5.87. The van der Waals surface area contributed by atoms with Gasteiger partial charge in [0.25, 0.3) is 0 Å². The first-order valence-corrected chi connectivity index (χ1v) is 8.34. The molecular formula is C19H22F3N3. The maximum atomic E-state index is 12.9. The van der Waals surface area contributed by atoms with Crippen LogP contribution in [-0.4, -0.2) is 24.2 Å². The summed E-state index contributed by atoms with van der Waals surface area (Å²) in [7, 11) is 1.28. The van der Waals surface area contributed by atoms with E-state index in [0.29, 0.717) is 0 Å². The Labute approximate surface area is 145 Å². The highest BCUT2D eigenvalue weighted by atomic mass is 19.4. The zero-order valence-corrected chi connectivity index (χ0v) is 14.5. The van der Waals surface area contributed by atoms with Crippen molar-refractivity contribution in [2.45, 2.75) is 44.9 Å². The van der Waals surface area contributed by atoms with Gasteiger partial charge in [-0.05, 0) is 68.1 Å². The third-order valence-electron chi connectivity index (χ3n) is 4.87. The van der Waals surface area contributed by atoms with Crippen molar-refractivity contribution in [2.24, 2.45) is 0 Å². The van der Waals surface area contributed by atoms with Crippen LogP contribution in [0.5, 0.6) is 0 Å². The number of anilines is 1. The molecule has 0 unspecified atom stereocenters. The summed E-state index contributed by atoms with van der Waals surface area (Å²) >= 11 is 0. The number of nitrogens with one attached hydrogen (secondary N) is 2. The molecule has 2 N–H and O–H groups in total. The molecule has 2 aromatic rings. The molecule has 25 heavy (non-hydrogen) atoms. The zero-order valence-electron chi connectivity index (χ0n) is 14.5. The Morgan fingerprint density at radius 3 is 2.08 bits per heavy atom. The molecule has 3 nitrogen and oxygen atoms in total. The van der Waals surface area contributed by atoms with Crippen molar-refractivity contribution in [2.75, 3.05) is 12.4 Å². The first kappa shape index (κ1) is 17.7. The van der Waals surface area contributed by atoms with Crippen molar-refractivity contribution in [3.63, 3.8) is 0 Å². The third kappa shape index (κ3) is 3.63. The van der Waals surface area contributed by atoms with E-state index in [9.17, 15) is 13.2 Å². The molecule has 1 aromatic heterocycles. The minimum Gasteiger partial charge on any atom is -0.380 e. The molecule has 1 atom stereocenters. The van der Waals surface area contributed by atoms with Crippen LogP contribution in [0, 0.1) is 13.8 Å². The maximum absolute atomic E-state index is 12.9. The average molecular weight is 349 g/mol. The van der Waals surface area contributed by atoms with Gasteiger partial charge in [-0.15, -0.1) is 0 Å². The van der Waals surface area contributed by atoms with Crippen LogP contribution in [0.1, 0.15) is 34.0 Å². The van der Waals surface area contributed by atoms with E-state index in [4.69, 9.17) is 0 Å². The number of nitrogens with zero attached hydrogens (tertiary/aromatic N) is 1. The number of alkyl halides is 3. The summed E-state index contributed by atoms with van der Waals surface area (Å²) in [5.74, 6) is 0. The number of rotatable bonds is 4. The lowest BCUT2D eigenvalue weighted by Gasteiger charge is -2.20. The highest BCUT2D eigenvalue weighted by molar-refractivity contribution is 5.49. The Bertz CT molecular complexity index is 723. The second-order valence-corrected chi connectivity index (χ2v) is 6.64. The van der Waals surface area contributed by atoms with Gasteiger partial charge in [-0.25, -0.2) is 0 Å². The number of hydrogen-bond acceptors (Lipinski definition) is 3. The Hall–Kier alpha value is -2.08. The van der Waals surface area contributed by atoms with Crippen LogP contribution >= 0.6 is 0 Å². The number of aromatic nitrogens is 1. The van der Waals surface area contributed by atoms with E-state index in [0.717, 1.165) is 18.5 Å². The first-order valence-electron chi connectivity index (χ1n) is 8.34. The molecule has 0 saturated carbocycles. The Balaban J connectivity index is 1.71. The molecule has 0 bridgehead atoms. The largest absolute Gasteiger partial charge is 0.409 e. The van der Waals surface area contributed by atoms with Gasteiger partial charge in [0.2, 0.25) is 0 Å². The molecule has 134 valence electrons. The predicted molar refractivity (Wildman–Crippen MR) is 92.8 cm³/mol. The predicted octanol–water partition coefficient (Wildman–Crippen LogP) is 4.10. The highest BCUT2D eigenvalue weighted by Gasteiger charge is 2.40. The van der Waals surface area contributed by atoms with E-state index in [1.54, 1.807) is 6.07 Å². The fraction of sp³-hybridized carbons (Fsp3) is 0.421. The number of fused-ring (bicyclic) bond motifs is 1. The van der Waals surface area contributed by atoms with Crippen LogP contribution in [0.15, 0.2) is 30.5 Å². The fourth-order valence-corrected chi connectivity index (χ4v) is 3.54. The molecule has 0 radical (unpaired) electrons. The summed E-state index contributed by atoms with van der Waals surface area (Å²) in [6.07, 6.45) is -1.04. The molecule has 0 spiro atoms. The molecule has 0 aliphatic heterocycles. The van der Waals surface area contributed by atoms with Crippen LogP contribution in [-0.2, 0) is 12.8 Å². The van der Waals surface area contributed by atoms with Crippen LogP contribution in [0.3, 0.4) is 0 Å². The number of aryl methyl sites for hydroxylation is 2. The van der Waals surface area contributed by atoms with Crippen molar-refractivity contribution in [1.29, 1.82) is 0 Å². The summed E-state index contributed by atoms with van der Waals surface area (Å²) in [6.45, 7) is 4.23. The second-order valence-electron chi connectivity index (χ2n) is 6.64. The van der Waals surface area contributed by atoms with E-state index in [2.05, 4.69) is 41.6 Å². The van der Waals surface area contributed by atoms with Crippen molar-refractivity contribution >= 4 is 5.69 Å². The smallest absolute Gasteiger partial charge is 0.380 e. The monoisotopic (exact) mass is 349 g/mol. The lowest BCUT2D eigenvalue weighted by atomic mass is 10.0. The lowest BCUT2D eigenvalue weighted by Crippen LogP contribution is -2.32. The van der Waals surface area contributed by atoms with E-state index >= 15 is 0 Å². The van der Waals surface area contributed by atoms with Crippen molar-refractivity contribution in [3.05, 3.63) is 58.4 Å². The summed E-state index contributed by atoms with van der Waals surface area (Å²) in [5, 5.41) is 5.67. The van der Waals surface area contributed by atoms with E-state index in [1.807, 2.05) is 0 Å². The molecule has 1 aromatic carbocycles. The van der Waals surface area contributed by atoms with Crippen LogP contribution < -0.4 is 10.6 Å². The van der Waals surface area contributed by atoms with Crippen LogP contribution in [0.4, 0.5) is 18.9 Å². The van der Waals surface area contributed by atoms with E-state index < -0.39 is 12.2 Å². The number of halogens is 3. The molecule has 0 amide bonds. The molecule has 6 heteroatoms.